The topological polar surface area (TPSA) is 38.3 Å². The summed E-state index contributed by atoms with van der Waals surface area (Å²) in [7, 11) is 0. The number of amides is 1. The van der Waals surface area contributed by atoms with Gasteiger partial charge in [0.05, 0.1) is 12.2 Å². The molecule has 0 saturated carbocycles. The van der Waals surface area contributed by atoms with Crippen molar-refractivity contribution >= 4 is 11.5 Å². The lowest BCUT2D eigenvalue weighted by atomic mass is 10.00. The maximum absolute atomic E-state index is 13.0. The minimum Gasteiger partial charge on any atom is -0.381 e. The van der Waals surface area contributed by atoms with Crippen LogP contribution in [0, 0.1) is 5.92 Å². The number of benzene rings is 1. The molecule has 1 aliphatic heterocycles. The van der Waals surface area contributed by atoms with E-state index < -0.39 is 11.7 Å². The van der Waals surface area contributed by atoms with E-state index in [2.05, 4.69) is 5.32 Å². The third-order valence-electron chi connectivity index (χ3n) is 3.59. The highest BCUT2D eigenvalue weighted by molar-refractivity contribution is 5.95. The van der Waals surface area contributed by atoms with E-state index in [9.17, 15) is 18.0 Å². The van der Waals surface area contributed by atoms with Crippen molar-refractivity contribution in [3.8, 4) is 0 Å². The lowest BCUT2D eigenvalue weighted by Gasteiger charge is -2.13. The molecule has 1 N–H and O–H groups in total. The maximum Gasteiger partial charge on any atom is 0.416 e. The Kier molecular flexibility index (Phi) is 5.24. The van der Waals surface area contributed by atoms with Crippen LogP contribution in [0.25, 0.3) is 5.57 Å². The van der Waals surface area contributed by atoms with Gasteiger partial charge < -0.3 is 10.1 Å². The van der Waals surface area contributed by atoms with Crippen molar-refractivity contribution < 1.29 is 22.7 Å². The molecule has 1 amide bonds. The number of rotatable bonds is 4. The summed E-state index contributed by atoms with van der Waals surface area (Å²) < 4.78 is 44.1. The minimum absolute atomic E-state index is 0.0225. The summed E-state index contributed by atoms with van der Waals surface area (Å²) in [6, 6.07) is 5.24. The molecule has 0 spiro atoms. The highest BCUT2D eigenvalue weighted by atomic mass is 19.4. The van der Waals surface area contributed by atoms with Gasteiger partial charge in [-0.1, -0.05) is 18.2 Å². The van der Waals surface area contributed by atoms with Crippen LogP contribution >= 0.6 is 0 Å². The van der Waals surface area contributed by atoms with Crippen LogP contribution in [0.5, 0.6) is 0 Å². The molecule has 1 aliphatic rings. The van der Waals surface area contributed by atoms with Crippen LogP contribution in [0.1, 0.15) is 24.5 Å². The van der Waals surface area contributed by atoms with Gasteiger partial charge in [-0.05, 0) is 30.5 Å². The highest BCUT2D eigenvalue weighted by Gasteiger charge is 2.33. The van der Waals surface area contributed by atoms with Gasteiger partial charge in [-0.2, -0.15) is 13.2 Å². The Balaban J connectivity index is 2.06. The molecule has 22 heavy (non-hydrogen) atoms. The third kappa shape index (κ3) is 4.34. The normalized spacial score (nSPS) is 19.3. The van der Waals surface area contributed by atoms with Gasteiger partial charge in [0.15, 0.2) is 0 Å². The molecule has 0 aromatic heterocycles. The van der Waals surface area contributed by atoms with Crippen LogP contribution in [-0.4, -0.2) is 25.7 Å². The molecule has 3 nitrogen and oxygen atoms in total. The number of ether oxygens (including phenoxy) is 1. The van der Waals surface area contributed by atoms with Gasteiger partial charge in [0.2, 0.25) is 5.91 Å². The number of halogens is 3. The summed E-state index contributed by atoms with van der Waals surface area (Å²) in [5.74, 6) is -0.110. The molecule has 0 bridgehead atoms. The molecule has 0 unspecified atom stereocenters. The lowest BCUT2D eigenvalue weighted by molar-refractivity contribution is -0.137. The molecule has 1 heterocycles. The second-order valence-electron chi connectivity index (χ2n) is 5.35. The molecule has 6 heteroatoms. The Morgan fingerprint density at radius 2 is 2.14 bits per heavy atom. The number of nitrogens with one attached hydrogen (secondary N) is 1. The predicted molar refractivity (Wildman–Crippen MR) is 77.0 cm³/mol. The zero-order chi connectivity index (χ0) is 16.2. The number of allylic oxidation sites excluding steroid dienone is 1. The molecular formula is C16H18F3NO2. The van der Waals surface area contributed by atoms with Crippen molar-refractivity contribution in [2.45, 2.75) is 19.5 Å². The first kappa shape index (κ1) is 16.5. The van der Waals surface area contributed by atoms with E-state index in [0.717, 1.165) is 12.5 Å². The molecule has 0 radical (unpaired) electrons. The van der Waals surface area contributed by atoms with E-state index >= 15 is 0 Å². The van der Waals surface area contributed by atoms with Crippen molar-refractivity contribution in [2.24, 2.45) is 5.92 Å². The van der Waals surface area contributed by atoms with E-state index in [1.54, 1.807) is 0 Å². The van der Waals surface area contributed by atoms with Crippen LogP contribution < -0.4 is 5.32 Å². The Labute approximate surface area is 127 Å². The lowest BCUT2D eigenvalue weighted by Crippen LogP contribution is -2.28. The number of hydrogen-bond acceptors (Lipinski definition) is 2. The van der Waals surface area contributed by atoms with Gasteiger partial charge in [0, 0.05) is 25.1 Å². The smallest absolute Gasteiger partial charge is 0.381 e. The number of alkyl halides is 3. The zero-order valence-corrected chi connectivity index (χ0v) is 12.2. The summed E-state index contributed by atoms with van der Waals surface area (Å²) in [5.41, 5.74) is -0.428. The summed E-state index contributed by atoms with van der Waals surface area (Å²) >= 11 is 0. The molecule has 1 atom stereocenters. The standard InChI is InChI=1S/C16H18F3NO2/c1-11(8-15(21)20-9-12-6-7-22-10-12)13-4-2-3-5-14(13)16(17,18)19/h2-5,8,12H,6-7,9-10H2,1H3,(H,20,21)/b11-8-/t12-/m0/s1. The fraction of sp³-hybridized carbons (Fsp3) is 0.438. The van der Waals surface area contributed by atoms with Crippen LogP contribution in [0.2, 0.25) is 0 Å². The molecule has 1 aromatic carbocycles. The average molecular weight is 313 g/mol. The summed E-state index contributed by atoms with van der Waals surface area (Å²) in [4.78, 5) is 11.8. The Morgan fingerprint density at radius 3 is 2.77 bits per heavy atom. The van der Waals surface area contributed by atoms with Crippen LogP contribution in [0.4, 0.5) is 13.2 Å². The maximum atomic E-state index is 13.0. The van der Waals surface area contributed by atoms with Gasteiger partial charge in [0.25, 0.3) is 0 Å². The van der Waals surface area contributed by atoms with Crippen molar-refractivity contribution in [3.05, 3.63) is 41.5 Å². The minimum atomic E-state index is -4.44. The second-order valence-corrected chi connectivity index (χ2v) is 5.35. The third-order valence-corrected chi connectivity index (χ3v) is 3.59. The van der Waals surface area contributed by atoms with Crippen LogP contribution in [0.15, 0.2) is 30.3 Å². The van der Waals surface area contributed by atoms with Gasteiger partial charge in [-0.25, -0.2) is 0 Å². The van der Waals surface area contributed by atoms with E-state index in [1.807, 2.05) is 0 Å². The summed E-state index contributed by atoms with van der Waals surface area (Å²) in [6.07, 6.45) is -2.34. The zero-order valence-electron chi connectivity index (χ0n) is 12.2. The molecule has 1 aromatic rings. The number of carbonyl (C=O) groups is 1. The SMILES string of the molecule is C/C(=C/C(=O)NC[C@@H]1CCOC1)c1ccccc1C(F)(F)F. The van der Waals surface area contributed by atoms with Gasteiger partial charge in [-0.15, -0.1) is 0 Å². The van der Waals surface area contributed by atoms with Crippen molar-refractivity contribution in [1.82, 2.24) is 5.32 Å². The van der Waals surface area contributed by atoms with Gasteiger partial charge in [-0.3, -0.25) is 4.79 Å². The molecular weight excluding hydrogens is 295 g/mol. The highest BCUT2D eigenvalue weighted by Crippen LogP contribution is 2.34. The Bertz CT molecular complexity index is 561. The van der Waals surface area contributed by atoms with E-state index in [0.29, 0.717) is 19.8 Å². The predicted octanol–water partition coefficient (Wildman–Crippen LogP) is 3.26. The fourth-order valence-corrected chi connectivity index (χ4v) is 2.39. The molecule has 1 fully saturated rings. The van der Waals surface area contributed by atoms with Crippen molar-refractivity contribution in [1.29, 1.82) is 0 Å². The van der Waals surface area contributed by atoms with Crippen LogP contribution in [-0.2, 0) is 15.7 Å². The number of hydrogen-bond donors (Lipinski definition) is 1. The second kappa shape index (κ2) is 6.96. The largest absolute Gasteiger partial charge is 0.416 e. The van der Waals surface area contributed by atoms with E-state index in [-0.39, 0.29) is 23.0 Å². The first-order valence-electron chi connectivity index (χ1n) is 7.08. The molecule has 1 saturated heterocycles. The van der Waals surface area contributed by atoms with Crippen molar-refractivity contribution in [2.75, 3.05) is 19.8 Å². The monoisotopic (exact) mass is 313 g/mol. The van der Waals surface area contributed by atoms with Gasteiger partial charge in [0.1, 0.15) is 0 Å². The summed E-state index contributed by atoms with van der Waals surface area (Å²) in [6.45, 7) is 3.28. The average Bonchev–Trinajstić information content (AvgIpc) is 2.97. The Hall–Kier alpha value is -1.82. The first-order valence-corrected chi connectivity index (χ1v) is 7.08. The van der Waals surface area contributed by atoms with E-state index in [1.165, 1.54) is 31.2 Å². The van der Waals surface area contributed by atoms with Crippen LogP contribution in [0.3, 0.4) is 0 Å². The fourth-order valence-electron chi connectivity index (χ4n) is 2.39. The van der Waals surface area contributed by atoms with Gasteiger partial charge >= 0.3 is 6.18 Å². The first-order chi connectivity index (χ1) is 10.4. The molecule has 2 rings (SSSR count). The Morgan fingerprint density at radius 1 is 1.41 bits per heavy atom. The molecule has 120 valence electrons. The van der Waals surface area contributed by atoms with Crippen molar-refractivity contribution in [3.63, 3.8) is 0 Å². The quantitative estimate of drug-likeness (QED) is 0.867. The molecule has 0 aliphatic carbocycles. The number of carbonyl (C=O) groups excluding carboxylic acids is 1. The summed E-state index contributed by atoms with van der Waals surface area (Å²) in [5, 5.41) is 2.71. The van der Waals surface area contributed by atoms with E-state index in [4.69, 9.17) is 4.74 Å².